The summed E-state index contributed by atoms with van der Waals surface area (Å²) in [6.07, 6.45) is 5.30. The van der Waals surface area contributed by atoms with Crippen LogP contribution >= 0.6 is 0 Å². The minimum Gasteiger partial charge on any atom is -0.493 e. The molecule has 27 heavy (non-hydrogen) atoms. The lowest BCUT2D eigenvalue weighted by atomic mass is 10.1. The zero-order valence-corrected chi connectivity index (χ0v) is 16.0. The topological polar surface area (TPSA) is 52.5 Å². The number of methoxy groups -OCH3 is 1. The normalized spacial score (nSPS) is 11.3. The highest BCUT2D eigenvalue weighted by Crippen LogP contribution is 2.29. The van der Waals surface area contributed by atoms with Crippen molar-refractivity contribution in [3.8, 4) is 11.5 Å². The number of anilines is 1. The van der Waals surface area contributed by atoms with E-state index in [1.54, 1.807) is 13.2 Å². The second kappa shape index (κ2) is 7.99. The molecule has 5 heteroatoms. The molecule has 1 N–H and O–H groups in total. The molecule has 140 valence electrons. The molecular weight excluding hydrogens is 340 g/mol. The van der Waals surface area contributed by atoms with Crippen LogP contribution in [0.4, 0.5) is 5.69 Å². The third-order valence-electron chi connectivity index (χ3n) is 4.16. The summed E-state index contributed by atoms with van der Waals surface area (Å²) in [7, 11) is 3.58. The van der Waals surface area contributed by atoms with Crippen LogP contribution in [-0.4, -0.2) is 23.7 Å². The largest absolute Gasteiger partial charge is 0.493 e. The fraction of sp³-hybridized carbons (Fsp3) is 0.227. The van der Waals surface area contributed by atoms with Crippen molar-refractivity contribution in [1.82, 2.24) is 4.57 Å². The molecule has 0 aliphatic heterocycles. The molecule has 5 nitrogen and oxygen atoms in total. The van der Waals surface area contributed by atoms with Gasteiger partial charge < -0.3 is 19.4 Å². The highest BCUT2D eigenvalue weighted by Gasteiger charge is 2.08. The Morgan fingerprint density at radius 1 is 1.15 bits per heavy atom. The van der Waals surface area contributed by atoms with Gasteiger partial charge in [-0.25, -0.2) is 0 Å². The van der Waals surface area contributed by atoms with Crippen LogP contribution in [0.1, 0.15) is 19.4 Å². The summed E-state index contributed by atoms with van der Waals surface area (Å²) in [6, 6.07) is 13.4. The van der Waals surface area contributed by atoms with E-state index in [2.05, 4.69) is 5.32 Å². The lowest BCUT2D eigenvalue weighted by molar-refractivity contribution is -0.111. The van der Waals surface area contributed by atoms with Gasteiger partial charge in [0.15, 0.2) is 11.5 Å². The molecule has 1 heterocycles. The predicted octanol–water partition coefficient (Wildman–Crippen LogP) is 4.63. The van der Waals surface area contributed by atoms with Crippen LogP contribution in [0.25, 0.3) is 17.0 Å². The Balaban J connectivity index is 1.74. The fourth-order valence-corrected chi connectivity index (χ4v) is 2.90. The predicted molar refractivity (Wildman–Crippen MR) is 109 cm³/mol. The molecule has 0 unspecified atom stereocenters. The number of hydrogen-bond donors (Lipinski definition) is 1. The summed E-state index contributed by atoms with van der Waals surface area (Å²) in [4.78, 5) is 12.3. The molecule has 0 aliphatic rings. The van der Waals surface area contributed by atoms with Gasteiger partial charge in [0.1, 0.15) is 0 Å². The van der Waals surface area contributed by atoms with Crippen molar-refractivity contribution < 1.29 is 14.3 Å². The highest BCUT2D eigenvalue weighted by atomic mass is 16.5. The quantitative estimate of drug-likeness (QED) is 0.649. The van der Waals surface area contributed by atoms with E-state index >= 15 is 0 Å². The number of benzene rings is 2. The first-order chi connectivity index (χ1) is 13.0. The molecule has 0 aliphatic carbocycles. The van der Waals surface area contributed by atoms with Crippen LogP contribution in [-0.2, 0) is 11.8 Å². The number of nitrogens with zero attached hydrogens (tertiary/aromatic N) is 1. The Bertz CT molecular complexity index is 986. The number of carbonyl (C=O) groups excluding carboxylic acids is 1. The highest BCUT2D eigenvalue weighted by molar-refractivity contribution is 6.07. The molecule has 0 fully saturated rings. The van der Waals surface area contributed by atoms with Gasteiger partial charge >= 0.3 is 0 Å². The molecule has 0 bridgehead atoms. The second-order valence-electron chi connectivity index (χ2n) is 6.56. The number of aromatic nitrogens is 1. The summed E-state index contributed by atoms with van der Waals surface area (Å²) in [5.74, 6) is 1.14. The molecule has 0 saturated heterocycles. The summed E-state index contributed by atoms with van der Waals surface area (Å²) in [5, 5.41) is 3.95. The lowest BCUT2D eigenvalue weighted by Crippen LogP contribution is -2.08. The van der Waals surface area contributed by atoms with Crippen molar-refractivity contribution >= 4 is 28.6 Å². The Hall–Kier alpha value is -3.21. The number of nitrogens with one attached hydrogen (secondary N) is 1. The molecule has 2 aromatic carbocycles. The van der Waals surface area contributed by atoms with Crippen molar-refractivity contribution in [1.29, 1.82) is 0 Å². The minimum absolute atomic E-state index is 0.0618. The van der Waals surface area contributed by atoms with Crippen LogP contribution in [0.5, 0.6) is 11.5 Å². The van der Waals surface area contributed by atoms with Crippen molar-refractivity contribution in [2.24, 2.45) is 7.05 Å². The van der Waals surface area contributed by atoms with Crippen molar-refractivity contribution in [3.63, 3.8) is 0 Å². The van der Waals surface area contributed by atoms with Crippen molar-refractivity contribution in [2.45, 2.75) is 20.0 Å². The first-order valence-electron chi connectivity index (χ1n) is 8.85. The van der Waals surface area contributed by atoms with Crippen molar-refractivity contribution in [2.75, 3.05) is 12.4 Å². The Labute approximate surface area is 159 Å². The Morgan fingerprint density at radius 2 is 1.96 bits per heavy atom. The van der Waals surface area contributed by atoms with Gasteiger partial charge in [0.25, 0.3) is 0 Å². The van der Waals surface area contributed by atoms with E-state index in [0.29, 0.717) is 11.5 Å². The SMILES string of the molecule is COc1cc(/C=C/C(=O)Nc2cccc3c2ccn3C)ccc1OC(C)C. The van der Waals surface area contributed by atoms with Gasteiger partial charge in [-0.1, -0.05) is 12.1 Å². The molecule has 3 rings (SSSR count). The Kier molecular flexibility index (Phi) is 5.50. The van der Waals surface area contributed by atoms with E-state index < -0.39 is 0 Å². The van der Waals surface area contributed by atoms with Crippen LogP contribution in [0.15, 0.2) is 54.7 Å². The number of carbonyl (C=O) groups is 1. The maximum absolute atomic E-state index is 12.3. The fourth-order valence-electron chi connectivity index (χ4n) is 2.90. The number of rotatable bonds is 6. The third kappa shape index (κ3) is 4.31. The van der Waals surface area contributed by atoms with E-state index in [0.717, 1.165) is 22.2 Å². The van der Waals surface area contributed by atoms with Gasteiger partial charge in [-0.3, -0.25) is 4.79 Å². The second-order valence-corrected chi connectivity index (χ2v) is 6.56. The number of hydrogen-bond acceptors (Lipinski definition) is 3. The maximum Gasteiger partial charge on any atom is 0.248 e. The van der Waals surface area contributed by atoms with E-state index in [9.17, 15) is 4.79 Å². The zero-order valence-electron chi connectivity index (χ0n) is 16.0. The number of ether oxygens (including phenoxy) is 2. The van der Waals surface area contributed by atoms with Gasteiger partial charge in [-0.15, -0.1) is 0 Å². The average molecular weight is 364 g/mol. The first-order valence-corrected chi connectivity index (χ1v) is 8.85. The Morgan fingerprint density at radius 3 is 2.70 bits per heavy atom. The molecular formula is C22H24N2O3. The number of fused-ring (bicyclic) bond motifs is 1. The molecule has 0 saturated carbocycles. The summed E-state index contributed by atoms with van der Waals surface area (Å²) >= 11 is 0. The van der Waals surface area contributed by atoms with Crippen LogP contribution in [0, 0.1) is 0 Å². The average Bonchev–Trinajstić information content (AvgIpc) is 3.02. The van der Waals surface area contributed by atoms with Gasteiger partial charge in [0.2, 0.25) is 5.91 Å². The first kappa shape index (κ1) is 18.6. The monoisotopic (exact) mass is 364 g/mol. The molecule has 0 spiro atoms. The van der Waals surface area contributed by atoms with Gasteiger partial charge in [-0.05, 0) is 55.8 Å². The molecule has 0 atom stereocenters. The van der Waals surface area contributed by atoms with Crippen molar-refractivity contribution in [3.05, 3.63) is 60.3 Å². The van der Waals surface area contributed by atoms with Crippen LogP contribution < -0.4 is 14.8 Å². The van der Waals surface area contributed by atoms with Gasteiger partial charge in [-0.2, -0.15) is 0 Å². The summed E-state index contributed by atoms with van der Waals surface area (Å²) in [6.45, 7) is 3.93. The summed E-state index contributed by atoms with van der Waals surface area (Å²) < 4.78 is 13.1. The minimum atomic E-state index is -0.187. The smallest absolute Gasteiger partial charge is 0.248 e. The maximum atomic E-state index is 12.3. The van der Waals surface area contributed by atoms with E-state index in [4.69, 9.17) is 9.47 Å². The molecule has 3 aromatic rings. The van der Waals surface area contributed by atoms with Crippen LogP contribution in [0.2, 0.25) is 0 Å². The number of aryl methyl sites for hydroxylation is 1. The van der Waals surface area contributed by atoms with E-state index in [-0.39, 0.29) is 12.0 Å². The van der Waals surface area contributed by atoms with E-state index in [1.807, 2.05) is 74.1 Å². The molecule has 1 aromatic heterocycles. The standard InChI is InChI=1S/C22H24N2O3/c1-15(2)27-20-10-8-16(14-21(20)26-4)9-11-22(25)23-18-6-5-7-19-17(18)12-13-24(19)3/h5-15H,1-4H3,(H,23,25)/b11-9+. The molecule has 0 radical (unpaired) electrons. The lowest BCUT2D eigenvalue weighted by Gasteiger charge is -2.13. The van der Waals surface area contributed by atoms with Gasteiger partial charge in [0, 0.05) is 30.2 Å². The number of amides is 1. The van der Waals surface area contributed by atoms with Gasteiger partial charge in [0.05, 0.1) is 18.9 Å². The zero-order chi connectivity index (χ0) is 19.4. The van der Waals surface area contributed by atoms with E-state index in [1.165, 1.54) is 6.08 Å². The molecule has 1 amide bonds. The summed E-state index contributed by atoms with van der Waals surface area (Å²) in [5.41, 5.74) is 2.72. The van der Waals surface area contributed by atoms with Crippen LogP contribution in [0.3, 0.4) is 0 Å². The third-order valence-corrected chi connectivity index (χ3v) is 4.16.